The van der Waals surface area contributed by atoms with Gasteiger partial charge in [0, 0.05) is 34.1 Å². The largest absolute Gasteiger partial charge is 0.403 e. The van der Waals surface area contributed by atoms with Crippen LogP contribution in [0.2, 0.25) is 0 Å². The lowest BCUT2D eigenvalue weighted by atomic mass is 10.2. The van der Waals surface area contributed by atoms with E-state index in [9.17, 15) is 14.4 Å². The summed E-state index contributed by atoms with van der Waals surface area (Å²) in [5.41, 5.74) is 1.55. The van der Waals surface area contributed by atoms with E-state index in [-0.39, 0.29) is 30.7 Å². The number of benzene rings is 2. The van der Waals surface area contributed by atoms with E-state index < -0.39 is 5.91 Å². The summed E-state index contributed by atoms with van der Waals surface area (Å²) in [4.78, 5) is 38.4. The highest BCUT2D eigenvalue weighted by atomic mass is 32.2. The van der Waals surface area contributed by atoms with Crippen LogP contribution in [-0.2, 0) is 9.59 Å². The van der Waals surface area contributed by atoms with Gasteiger partial charge in [0.2, 0.25) is 17.7 Å². The van der Waals surface area contributed by atoms with Crippen LogP contribution in [0.15, 0.2) is 57.8 Å². The van der Waals surface area contributed by atoms with E-state index in [0.717, 1.165) is 15.4 Å². The molecule has 1 N–H and O–H groups in total. The molecule has 158 valence electrons. The number of hydrogen-bond acceptors (Lipinski definition) is 7. The number of rotatable bonds is 6. The second-order valence-corrected chi connectivity index (χ2v) is 8.88. The molecule has 0 bridgehead atoms. The number of aromatic nitrogens is 2. The minimum absolute atomic E-state index is 0.0177. The number of anilines is 2. The molecule has 1 aromatic heterocycles. The number of carbonyl (C=O) groups excluding carboxylic acids is 3. The Bertz CT molecular complexity index is 1120. The van der Waals surface area contributed by atoms with Crippen molar-refractivity contribution >= 4 is 41.2 Å². The molecular formula is C22H20N4O4S. The van der Waals surface area contributed by atoms with Crippen LogP contribution in [0.25, 0.3) is 11.5 Å². The monoisotopic (exact) mass is 436 g/mol. The van der Waals surface area contributed by atoms with E-state index >= 15 is 0 Å². The van der Waals surface area contributed by atoms with Gasteiger partial charge < -0.3 is 4.42 Å². The van der Waals surface area contributed by atoms with Crippen LogP contribution in [0.5, 0.6) is 0 Å². The van der Waals surface area contributed by atoms with Gasteiger partial charge in [0.1, 0.15) is 0 Å². The predicted octanol–water partition coefficient (Wildman–Crippen LogP) is 4.14. The molecule has 0 unspecified atom stereocenters. The second kappa shape index (κ2) is 8.73. The van der Waals surface area contributed by atoms with Crippen LogP contribution in [0.4, 0.5) is 11.7 Å². The van der Waals surface area contributed by atoms with Crippen LogP contribution in [0, 0.1) is 0 Å². The molecule has 2 aromatic carbocycles. The van der Waals surface area contributed by atoms with Crippen molar-refractivity contribution in [3.8, 4) is 11.5 Å². The first kappa shape index (κ1) is 20.8. The Morgan fingerprint density at radius 3 is 2.45 bits per heavy atom. The molecule has 0 atom stereocenters. The van der Waals surface area contributed by atoms with Crippen molar-refractivity contribution in [2.24, 2.45) is 0 Å². The van der Waals surface area contributed by atoms with Gasteiger partial charge in [0.25, 0.3) is 5.91 Å². The molecule has 1 fully saturated rings. The summed E-state index contributed by atoms with van der Waals surface area (Å²) in [5, 5.41) is 10.9. The number of hydrogen-bond donors (Lipinski definition) is 1. The zero-order valence-corrected chi connectivity index (χ0v) is 17.8. The van der Waals surface area contributed by atoms with E-state index in [4.69, 9.17) is 4.42 Å². The molecule has 0 aliphatic carbocycles. The van der Waals surface area contributed by atoms with Gasteiger partial charge in [-0.05, 0) is 42.5 Å². The van der Waals surface area contributed by atoms with Gasteiger partial charge >= 0.3 is 6.01 Å². The normalized spacial score (nSPS) is 13.8. The van der Waals surface area contributed by atoms with Gasteiger partial charge in [-0.3, -0.25) is 24.6 Å². The Kier molecular flexibility index (Phi) is 5.85. The fraction of sp³-hybridized carbons (Fsp3) is 0.227. The first-order valence-electron chi connectivity index (χ1n) is 9.78. The standard InChI is InChI=1S/C22H20N4O4S/c1-13(2)31-17-5-3-4-15(12-17)21-24-25-22(30-21)23-20(29)14-6-8-16(9-7-14)26-18(27)10-11-19(26)28/h3-9,12-13H,10-11H2,1-2H3,(H,23,25,29). The smallest absolute Gasteiger partial charge is 0.322 e. The molecule has 1 aliphatic rings. The summed E-state index contributed by atoms with van der Waals surface area (Å²) in [7, 11) is 0. The Labute approximate surface area is 183 Å². The van der Waals surface area contributed by atoms with E-state index in [1.54, 1.807) is 23.9 Å². The van der Waals surface area contributed by atoms with E-state index in [1.807, 2.05) is 24.3 Å². The summed E-state index contributed by atoms with van der Waals surface area (Å²) < 4.78 is 5.59. The number of nitrogens with zero attached hydrogens (tertiary/aromatic N) is 3. The summed E-state index contributed by atoms with van der Waals surface area (Å²) in [6.45, 7) is 4.23. The molecule has 3 aromatic rings. The fourth-order valence-corrected chi connectivity index (χ4v) is 4.06. The fourth-order valence-electron chi connectivity index (χ4n) is 3.16. The molecule has 1 aliphatic heterocycles. The van der Waals surface area contributed by atoms with Crippen LogP contribution in [0.1, 0.15) is 37.0 Å². The summed E-state index contributed by atoms with van der Waals surface area (Å²) in [6.07, 6.45) is 0.416. The lowest BCUT2D eigenvalue weighted by Gasteiger charge is -2.13. The maximum absolute atomic E-state index is 12.5. The van der Waals surface area contributed by atoms with E-state index in [0.29, 0.717) is 22.4 Å². The number of imide groups is 1. The first-order valence-corrected chi connectivity index (χ1v) is 10.7. The summed E-state index contributed by atoms with van der Waals surface area (Å²) >= 11 is 1.73. The summed E-state index contributed by atoms with van der Waals surface area (Å²) in [6, 6.07) is 13.9. The highest BCUT2D eigenvalue weighted by Crippen LogP contribution is 2.28. The lowest BCUT2D eigenvalue weighted by Crippen LogP contribution is -2.28. The van der Waals surface area contributed by atoms with Gasteiger partial charge in [-0.1, -0.05) is 25.0 Å². The molecular weight excluding hydrogens is 416 g/mol. The molecule has 0 saturated carbocycles. The molecule has 4 rings (SSSR count). The van der Waals surface area contributed by atoms with Crippen LogP contribution >= 0.6 is 11.8 Å². The average Bonchev–Trinajstić information content (AvgIpc) is 3.34. The average molecular weight is 436 g/mol. The number of amides is 3. The molecule has 8 nitrogen and oxygen atoms in total. The van der Waals surface area contributed by atoms with Crippen molar-refractivity contribution in [1.29, 1.82) is 0 Å². The van der Waals surface area contributed by atoms with Crippen molar-refractivity contribution in [1.82, 2.24) is 10.2 Å². The molecule has 31 heavy (non-hydrogen) atoms. The van der Waals surface area contributed by atoms with E-state index in [1.165, 1.54) is 12.1 Å². The highest BCUT2D eigenvalue weighted by molar-refractivity contribution is 7.99. The van der Waals surface area contributed by atoms with Gasteiger partial charge in [0.05, 0.1) is 5.69 Å². The third-order valence-corrected chi connectivity index (χ3v) is 5.53. The quantitative estimate of drug-likeness (QED) is 0.457. The van der Waals surface area contributed by atoms with Gasteiger partial charge in [-0.25, -0.2) is 0 Å². The molecule has 2 heterocycles. The molecule has 1 saturated heterocycles. The van der Waals surface area contributed by atoms with Crippen LogP contribution < -0.4 is 10.2 Å². The third kappa shape index (κ3) is 4.66. The predicted molar refractivity (Wildman–Crippen MR) is 117 cm³/mol. The topological polar surface area (TPSA) is 105 Å². The SMILES string of the molecule is CC(C)Sc1cccc(-c2nnc(NC(=O)c3ccc(N4C(=O)CCC4=O)cc3)o2)c1. The minimum Gasteiger partial charge on any atom is -0.403 e. The zero-order valence-electron chi connectivity index (χ0n) is 17.0. The van der Waals surface area contributed by atoms with Crippen LogP contribution in [0.3, 0.4) is 0 Å². The molecule has 9 heteroatoms. The summed E-state index contributed by atoms with van der Waals surface area (Å²) in [5.74, 6) is -0.610. The third-order valence-electron chi connectivity index (χ3n) is 4.54. The van der Waals surface area contributed by atoms with Crippen molar-refractivity contribution in [3.63, 3.8) is 0 Å². The van der Waals surface area contributed by atoms with Crippen molar-refractivity contribution in [3.05, 3.63) is 54.1 Å². The molecule has 3 amide bonds. The first-order chi connectivity index (χ1) is 14.9. The number of carbonyl (C=O) groups is 3. The van der Waals surface area contributed by atoms with Gasteiger partial charge in [-0.15, -0.1) is 16.9 Å². The Hall–Kier alpha value is -3.46. The lowest BCUT2D eigenvalue weighted by molar-refractivity contribution is -0.121. The number of thioether (sulfide) groups is 1. The van der Waals surface area contributed by atoms with Gasteiger partial charge in [0.15, 0.2) is 0 Å². The van der Waals surface area contributed by atoms with Crippen molar-refractivity contribution in [2.45, 2.75) is 36.8 Å². The second-order valence-electron chi connectivity index (χ2n) is 7.23. The Balaban J connectivity index is 1.45. The minimum atomic E-state index is -0.440. The molecule has 0 spiro atoms. The highest BCUT2D eigenvalue weighted by Gasteiger charge is 2.30. The Morgan fingerprint density at radius 2 is 1.77 bits per heavy atom. The number of nitrogens with one attached hydrogen (secondary N) is 1. The van der Waals surface area contributed by atoms with Crippen LogP contribution in [-0.4, -0.2) is 33.2 Å². The maximum atomic E-state index is 12.5. The van der Waals surface area contributed by atoms with Crippen molar-refractivity contribution < 1.29 is 18.8 Å². The Morgan fingerprint density at radius 1 is 1.06 bits per heavy atom. The van der Waals surface area contributed by atoms with E-state index in [2.05, 4.69) is 29.4 Å². The van der Waals surface area contributed by atoms with Crippen molar-refractivity contribution in [2.75, 3.05) is 10.2 Å². The molecule has 0 radical (unpaired) electrons. The maximum Gasteiger partial charge on any atom is 0.322 e. The van der Waals surface area contributed by atoms with Gasteiger partial charge in [-0.2, -0.15) is 0 Å². The zero-order chi connectivity index (χ0) is 22.0.